The van der Waals surface area contributed by atoms with E-state index in [2.05, 4.69) is 15.2 Å². The molecule has 1 aliphatic heterocycles. The maximum absolute atomic E-state index is 10.5. The number of rotatable bonds is 6. The van der Waals surface area contributed by atoms with Gasteiger partial charge in [0.05, 0.1) is 6.54 Å². The van der Waals surface area contributed by atoms with Crippen molar-refractivity contribution in [3.63, 3.8) is 0 Å². The standard InChI is InChI=1S/C14H21N3O2/c18-14(19)9-16-8-13-2-1-7-17(11-13)10-12-3-5-15-6-4-12/h3-6,13,16H,1-2,7-11H2,(H,18,19). The number of nitrogens with one attached hydrogen (secondary N) is 1. The molecule has 0 aliphatic carbocycles. The molecule has 0 amide bonds. The maximum atomic E-state index is 10.5. The number of carboxylic acids is 1. The highest BCUT2D eigenvalue weighted by Gasteiger charge is 2.19. The SMILES string of the molecule is O=C(O)CNCC1CCCN(Cc2ccncc2)C1. The molecule has 1 aromatic heterocycles. The molecule has 2 rings (SSSR count). The largest absolute Gasteiger partial charge is 0.480 e. The average Bonchev–Trinajstić information content (AvgIpc) is 2.40. The Morgan fingerprint density at radius 1 is 1.47 bits per heavy atom. The number of hydrogen-bond acceptors (Lipinski definition) is 4. The third-order valence-electron chi connectivity index (χ3n) is 3.47. The molecule has 0 radical (unpaired) electrons. The number of carboxylic acid groups (broad SMARTS) is 1. The van der Waals surface area contributed by atoms with E-state index in [1.54, 1.807) is 0 Å². The van der Waals surface area contributed by atoms with E-state index in [1.807, 2.05) is 24.5 Å². The Bertz CT molecular complexity index is 397. The molecule has 0 bridgehead atoms. The normalized spacial score (nSPS) is 20.3. The number of aliphatic carboxylic acids is 1. The van der Waals surface area contributed by atoms with E-state index in [4.69, 9.17) is 5.11 Å². The minimum atomic E-state index is -0.788. The summed E-state index contributed by atoms with van der Waals surface area (Å²) in [7, 11) is 0. The summed E-state index contributed by atoms with van der Waals surface area (Å²) in [4.78, 5) is 16.9. The summed E-state index contributed by atoms with van der Waals surface area (Å²) in [5.41, 5.74) is 1.29. The van der Waals surface area contributed by atoms with E-state index in [0.717, 1.165) is 26.2 Å². The van der Waals surface area contributed by atoms with Gasteiger partial charge in [-0.2, -0.15) is 0 Å². The van der Waals surface area contributed by atoms with Crippen molar-refractivity contribution in [3.05, 3.63) is 30.1 Å². The first-order valence-electron chi connectivity index (χ1n) is 6.78. The second kappa shape index (κ2) is 7.21. The van der Waals surface area contributed by atoms with Gasteiger partial charge in [-0.05, 0) is 49.5 Å². The van der Waals surface area contributed by atoms with Crippen molar-refractivity contribution in [2.45, 2.75) is 19.4 Å². The molecule has 2 heterocycles. The van der Waals surface area contributed by atoms with E-state index in [-0.39, 0.29) is 6.54 Å². The van der Waals surface area contributed by atoms with E-state index < -0.39 is 5.97 Å². The van der Waals surface area contributed by atoms with Crippen molar-refractivity contribution >= 4 is 5.97 Å². The molecule has 1 aliphatic rings. The fraction of sp³-hybridized carbons (Fsp3) is 0.571. The smallest absolute Gasteiger partial charge is 0.317 e. The fourth-order valence-corrected chi connectivity index (χ4v) is 2.59. The molecule has 1 fully saturated rings. The zero-order valence-electron chi connectivity index (χ0n) is 11.1. The summed E-state index contributed by atoms with van der Waals surface area (Å²) in [6.45, 7) is 3.96. The molecule has 5 heteroatoms. The van der Waals surface area contributed by atoms with Crippen LogP contribution in [-0.4, -0.2) is 47.1 Å². The Morgan fingerprint density at radius 3 is 3.00 bits per heavy atom. The molecule has 0 spiro atoms. The molecule has 1 atom stereocenters. The van der Waals surface area contributed by atoms with E-state index >= 15 is 0 Å². The van der Waals surface area contributed by atoms with Crippen LogP contribution in [0.25, 0.3) is 0 Å². The van der Waals surface area contributed by atoms with Crippen LogP contribution >= 0.6 is 0 Å². The minimum absolute atomic E-state index is 0.0564. The quantitative estimate of drug-likeness (QED) is 0.800. The highest BCUT2D eigenvalue weighted by Crippen LogP contribution is 2.17. The molecule has 0 saturated carbocycles. The van der Waals surface area contributed by atoms with Crippen LogP contribution in [0.15, 0.2) is 24.5 Å². The summed E-state index contributed by atoms with van der Waals surface area (Å²) in [5.74, 6) is -0.237. The average molecular weight is 263 g/mol. The van der Waals surface area contributed by atoms with Crippen LogP contribution in [0.5, 0.6) is 0 Å². The van der Waals surface area contributed by atoms with E-state index in [1.165, 1.54) is 18.4 Å². The number of hydrogen-bond donors (Lipinski definition) is 2. The van der Waals surface area contributed by atoms with Gasteiger partial charge in [0, 0.05) is 25.5 Å². The Kier molecular flexibility index (Phi) is 5.30. The second-order valence-corrected chi connectivity index (χ2v) is 5.12. The van der Waals surface area contributed by atoms with Gasteiger partial charge in [-0.15, -0.1) is 0 Å². The van der Waals surface area contributed by atoms with Gasteiger partial charge in [-0.25, -0.2) is 0 Å². The predicted octanol–water partition coefficient (Wildman–Crippen LogP) is 0.968. The van der Waals surface area contributed by atoms with Crippen molar-refractivity contribution in [2.24, 2.45) is 5.92 Å². The molecule has 1 saturated heterocycles. The van der Waals surface area contributed by atoms with Gasteiger partial charge in [0.25, 0.3) is 0 Å². The molecule has 0 aromatic carbocycles. The molecule has 1 unspecified atom stereocenters. The Labute approximate surface area is 113 Å². The van der Waals surface area contributed by atoms with Crippen molar-refractivity contribution < 1.29 is 9.90 Å². The summed E-state index contributed by atoms with van der Waals surface area (Å²) in [6, 6.07) is 4.10. The van der Waals surface area contributed by atoms with Crippen LogP contribution in [-0.2, 0) is 11.3 Å². The molecule has 5 nitrogen and oxygen atoms in total. The molecule has 104 valence electrons. The summed E-state index contributed by atoms with van der Waals surface area (Å²) in [6.07, 6.45) is 6.01. The molecule has 1 aromatic rings. The summed E-state index contributed by atoms with van der Waals surface area (Å²) in [5, 5.41) is 11.6. The number of nitrogens with zero attached hydrogens (tertiary/aromatic N) is 2. The highest BCUT2D eigenvalue weighted by atomic mass is 16.4. The number of likely N-dealkylation sites (tertiary alicyclic amines) is 1. The minimum Gasteiger partial charge on any atom is -0.480 e. The van der Waals surface area contributed by atoms with Crippen LogP contribution in [0.4, 0.5) is 0 Å². The number of carbonyl (C=O) groups is 1. The lowest BCUT2D eigenvalue weighted by atomic mass is 9.97. The summed E-state index contributed by atoms with van der Waals surface area (Å²) < 4.78 is 0. The monoisotopic (exact) mass is 263 g/mol. The molecule has 2 N–H and O–H groups in total. The predicted molar refractivity (Wildman–Crippen MR) is 72.7 cm³/mol. The van der Waals surface area contributed by atoms with Crippen molar-refractivity contribution in [1.82, 2.24) is 15.2 Å². The first kappa shape index (κ1) is 14.0. The van der Waals surface area contributed by atoms with Gasteiger partial charge in [-0.1, -0.05) is 0 Å². The van der Waals surface area contributed by atoms with Gasteiger partial charge < -0.3 is 10.4 Å². The van der Waals surface area contributed by atoms with Crippen molar-refractivity contribution in [1.29, 1.82) is 0 Å². The Morgan fingerprint density at radius 2 is 2.26 bits per heavy atom. The topological polar surface area (TPSA) is 65.5 Å². The highest BCUT2D eigenvalue weighted by molar-refractivity contribution is 5.68. The first-order valence-corrected chi connectivity index (χ1v) is 6.78. The van der Waals surface area contributed by atoms with Crippen LogP contribution in [0.3, 0.4) is 0 Å². The lowest BCUT2D eigenvalue weighted by molar-refractivity contribution is -0.136. The third-order valence-corrected chi connectivity index (χ3v) is 3.47. The summed E-state index contributed by atoms with van der Waals surface area (Å²) >= 11 is 0. The van der Waals surface area contributed by atoms with Crippen LogP contribution < -0.4 is 5.32 Å². The van der Waals surface area contributed by atoms with Crippen molar-refractivity contribution in [3.8, 4) is 0 Å². The maximum Gasteiger partial charge on any atom is 0.317 e. The Hall–Kier alpha value is -1.46. The second-order valence-electron chi connectivity index (χ2n) is 5.12. The number of pyridine rings is 1. The molecular weight excluding hydrogens is 242 g/mol. The van der Waals surface area contributed by atoms with Crippen LogP contribution in [0.2, 0.25) is 0 Å². The zero-order valence-corrected chi connectivity index (χ0v) is 11.1. The van der Waals surface area contributed by atoms with Gasteiger partial charge in [0.1, 0.15) is 0 Å². The lowest BCUT2D eigenvalue weighted by Crippen LogP contribution is -2.40. The van der Waals surface area contributed by atoms with Gasteiger partial charge in [0.2, 0.25) is 0 Å². The number of piperidine rings is 1. The van der Waals surface area contributed by atoms with Gasteiger partial charge in [-0.3, -0.25) is 14.7 Å². The fourth-order valence-electron chi connectivity index (χ4n) is 2.59. The molecular formula is C14H21N3O2. The Balaban J connectivity index is 1.75. The first-order chi connectivity index (χ1) is 9.24. The van der Waals surface area contributed by atoms with E-state index in [9.17, 15) is 4.79 Å². The van der Waals surface area contributed by atoms with E-state index in [0.29, 0.717) is 5.92 Å². The molecule has 19 heavy (non-hydrogen) atoms. The van der Waals surface area contributed by atoms with Gasteiger partial charge >= 0.3 is 5.97 Å². The lowest BCUT2D eigenvalue weighted by Gasteiger charge is -2.32. The van der Waals surface area contributed by atoms with Gasteiger partial charge in [0.15, 0.2) is 0 Å². The van der Waals surface area contributed by atoms with Crippen molar-refractivity contribution in [2.75, 3.05) is 26.2 Å². The van der Waals surface area contributed by atoms with Crippen LogP contribution in [0, 0.1) is 5.92 Å². The number of aromatic nitrogens is 1. The van der Waals surface area contributed by atoms with Crippen LogP contribution in [0.1, 0.15) is 18.4 Å². The third kappa shape index (κ3) is 4.96. The zero-order chi connectivity index (χ0) is 13.5.